The van der Waals surface area contributed by atoms with Crippen LogP contribution in [0.15, 0.2) is 36.7 Å². The average Bonchev–Trinajstić information content (AvgIpc) is 3.49. The van der Waals surface area contributed by atoms with E-state index in [2.05, 4.69) is 44.5 Å². The van der Waals surface area contributed by atoms with Gasteiger partial charge >= 0.3 is 0 Å². The van der Waals surface area contributed by atoms with Gasteiger partial charge in [0.2, 0.25) is 0 Å². The van der Waals surface area contributed by atoms with Crippen LogP contribution in [0.25, 0.3) is 0 Å². The van der Waals surface area contributed by atoms with Gasteiger partial charge in [-0.05, 0) is 36.5 Å². The maximum Gasteiger partial charge on any atom is 0.270 e. The summed E-state index contributed by atoms with van der Waals surface area (Å²) in [4.78, 5) is 23.1. The van der Waals surface area contributed by atoms with Gasteiger partial charge in [0.1, 0.15) is 12.0 Å². The molecule has 1 saturated heterocycles. The first-order chi connectivity index (χ1) is 14.6. The smallest absolute Gasteiger partial charge is 0.270 e. The number of rotatable bonds is 7. The number of carbonyl (C=O) groups excluding carboxylic acids is 1. The number of aromatic nitrogens is 2. The molecule has 2 aromatic rings. The van der Waals surface area contributed by atoms with Gasteiger partial charge in [-0.25, -0.2) is 9.97 Å². The van der Waals surface area contributed by atoms with E-state index in [9.17, 15) is 9.90 Å². The number of aliphatic hydroxyl groups excluding tert-OH is 1. The Kier molecular flexibility index (Phi) is 5.26. The highest BCUT2D eigenvalue weighted by molar-refractivity contribution is 5.92. The van der Waals surface area contributed by atoms with E-state index in [0.717, 1.165) is 38.4 Å². The first kappa shape index (κ1) is 19.6. The summed E-state index contributed by atoms with van der Waals surface area (Å²) in [6.45, 7) is 4.09. The minimum absolute atomic E-state index is 0.208. The summed E-state index contributed by atoms with van der Waals surface area (Å²) in [6.07, 6.45) is 4.04. The minimum atomic E-state index is -0.622. The van der Waals surface area contributed by atoms with Crippen LogP contribution >= 0.6 is 0 Å². The van der Waals surface area contributed by atoms with Gasteiger partial charge in [-0.3, -0.25) is 9.69 Å². The third-order valence-electron chi connectivity index (χ3n) is 6.49. The van der Waals surface area contributed by atoms with Crippen molar-refractivity contribution in [1.82, 2.24) is 20.2 Å². The second kappa shape index (κ2) is 8.06. The number of benzene rings is 1. The van der Waals surface area contributed by atoms with Gasteiger partial charge in [-0.15, -0.1) is 0 Å². The van der Waals surface area contributed by atoms with Crippen molar-refractivity contribution >= 4 is 5.91 Å². The van der Waals surface area contributed by atoms with E-state index in [0.29, 0.717) is 18.2 Å². The summed E-state index contributed by atoms with van der Waals surface area (Å²) in [6, 6.07) is 10.4. The predicted molar refractivity (Wildman–Crippen MR) is 111 cm³/mol. The van der Waals surface area contributed by atoms with Crippen molar-refractivity contribution in [2.45, 2.75) is 37.3 Å². The SMILES string of the molecule is O=C(NC[C@H](O)CN1Cc2ccccc2C2(CC2)C1)c1cc(CC2COC2)ncn1. The molecule has 7 heteroatoms. The van der Waals surface area contributed by atoms with Gasteiger partial charge in [0, 0.05) is 43.2 Å². The Balaban J connectivity index is 1.14. The lowest BCUT2D eigenvalue weighted by atomic mass is 9.87. The van der Waals surface area contributed by atoms with Crippen molar-refractivity contribution in [3.05, 3.63) is 59.2 Å². The molecule has 1 aromatic heterocycles. The number of hydrogen-bond donors (Lipinski definition) is 2. The molecule has 2 N–H and O–H groups in total. The maximum absolute atomic E-state index is 12.5. The normalized spacial score (nSPS) is 21.0. The van der Waals surface area contributed by atoms with Crippen molar-refractivity contribution in [1.29, 1.82) is 0 Å². The zero-order chi connectivity index (χ0) is 20.6. The van der Waals surface area contributed by atoms with Crippen LogP contribution in [-0.2, 0) is 23.1 Å². The molecule has 1 spiro atoms. The summed E-state index contributed by atoms with van der Waals surface area (Å²) >= 11 is 0. The van der Waals surface area contributed by atoms with Crippen LogP contribution in [0, 0.1) is 5.92 Å². The molecule has 0 unspecified atom stereocenters. The van der Waals surface area contributed by atoms with E-state index >= 15 is 0 Å². The van der Waals surface area contributed by atoms with Crippen LogP contribution in [-0.4, -0.2) is 64.8 Å². The first-order valence-electron chi connectivity index (χ1n) is 10.8. The number of carbonyl (C=O) groups is 1. The molecule has 1 aliphatic carbocycles. The highest BCUT2D eigenvalue weighted by atomic mass is 16.5. The van der Waals surface area contributed by atoms with Crippen LogP contribution in [0.2, 0.25) is 0 Å². The standard InChI is InChI=1S/C23H28N4O3/c28-19(11-27-10-17-3-1-2-4-20(17)23(14-27)5-6-23)9-24-22(29)21-8-18(25-15-26-21)7-16-12-30-13-16/h1-4,8,15-16,19,28H,5-7,9-14H2,(H,24,29)/t19-/m0/s1. The highest BCUT2D eigenvalue weighted by Gasteiger charge is 2.48. The lowest BCUT2D eigenvalue weighted by Gasteiger charge is -2.36. The number of ether oxygens (including phenoxy) is 1. The fourth-order valence-electron chi connectivity index (χ4n) is 4.69. The summed E-state index contributed by atoms with van der Waals surface area (Å²) in [7, 11) is 0. The second-order valence-corrected chi connectivity index (χ2v) is 8.97. The molecule has 3 aliphatic rings. The van der Waals surface area contributed by atoms with Gasteiger partial charge in [-0.1, -0.05) is 24.3 Å². The largest absolute Gasteiger partial charge is 0.390 e. The number of β-amino-alcohol motifs (C(OH)–C–C–N with tert-alkyl or cyclic N) is 1. The molecule has 2 fully saturated rings. The van der Waals surface area contributed by atoms with Crippen LogP contribution in [0.4, 0.5) is 0 Å². The summed E-state index contributed by atoms with van der Waals surface area (Å²) in [5.41, 5.74) is 4.32. The molecule has 1 amide bonds. The molecule has 3 heterocycles. The van der Waals surface area contributed by atoms with E-state index in [4.69, 9.17) is 4.74 Å². The van der Waals surface area contributed by atoms with Crippen LogP contribution in [0.3, 0.4) is 0 Å². The zero-order valence-corrected chi connectivity index (χ0v) is 17.1. The average molecular weight is 409 g/mol. The fraction of sp³-hybridized carbons (Fsp3) is 0.522. The van der Waals surface area contributed by atoms with Gasteiger partial charge < -0.3 is 15.2 Å². The molecule has 30 heavy (non-hydrogen) atoms. The Morgan fingerprint density at radius 3 is 2.90 bits per heavy atom. The number of fused-ring (bicyclic) bond motifs is 2. The van der Waals surface area contributed by atoms with Crippen molar-refractivity contribution in [3.63, 3.8) is 0 Å². The van der Waals surface area contributed by atoms with E-state index in [1.807, 2.05) is 0 Å². The molecule has 0 bridgehead atoms. The third kappa shape index (κ3) is 4.10. The van der Waals surface area contributed by atoms with Crippen LogP contribution in [0.1, 0.15) is 40.2 Å². The third-order valence-corrected chi connectivity index (χ3v) is 6.49. The van der Waals surface area contributed by atoms with E-state index in [1.54, 1.807) is 6.07 Å². The van der Waals surface area contributed by atoms with E-state index in [-0.39, 0.29) is 17.9 Å². The van der Waals surface area contributed by atoms with E-state index in [1.165, 1.54) is 30.3 Å². The Hall–Kier alpha value is -2.35. The monoisotopic (exact) mass is 408 g/mol. The van der Waals surface area contributed by atoms with Crippen molar-refractivity contribution < 1.29 is 14.6 Å². The van der Waals surface area contributed by atoms with Gasteiger partial charge in [0.25, 0.3) is 5.91 Å². The quantitative estimate of drug-likeness (QED) is 0.718. The first-order valence-corrected chi connectivity index (χ1v) is 10.8. The topological polar surface area (TPSA) is 87.6 Å². The Labute approximate surface area is 176 Å². The van der Waals surface area contributed by atoms with E-state index < -0.39 is 6.10 Å². The molecule has 1 aromatic carbocycles. The maximum atomic E-state index is 12.5. The number of nitrogens with one attached hydrogen (secondary N) is 1. The summed E-state index contributed by atoms with van der Waals surface area (Å²) in [5.74, 6) is 0.201. The lowest BCUT2D eigenvalue weighted by Crippen LogP contribution is -2.45. The molecule has 1 saturated carbocycles. The Morgan fingerprint density at radius 1 is 1.30 bits per heavy atom. The van der Waals surface area contributed by atoms with Gasteiger partial charge in [-0.2, -0.15) is 0 Å². The van der Waals surface area contributed by atoms with Crippen molar-refractivity contribution in [2.24, 2.45) is 5.92 Å². The molecular weight excluding hydrogens is 380 g/mol. The lowest BCUT2D eigenvalue weighted by molar-refractivity contribution is -0.0316. The van der Waals surface area contributed by atoms with Crippen LogP contribution in [0.5, 0.6) is 0 Å². The number of amides is 1. The molecule has 0 radical (unpaired) electrons. The molecule has 1 atom stereocenters. The molecule has 7 nitrogen and oxygen atoms in total. The summed E-state index contributed by atoms with van der Waals surface area (Å²) in [5, 5.41) is 13.4. The zero-order valence-electron chi connectivity index (χ0n) is 17.1. The molecule has 5 rings (SSSR count). The van der Waals surface area contributed by atoms with Crippen LogP contribution < -0.4 is 5.32 Å². The van der Waals surface area contributed by atoms with Gasteiger partial charge in [0.15, 0.2) is 0 Å². The van der Waals surface area contributed by atoms with Crippen molar-refractivity contribution in [3.8, 4) is 0 Å². The molecular formula is C23H28N4O3. The Morgan fingerprint density at radius 2 is 2.13 bits per heavy atom. The summed E-state index contributed by atoms with van der Waals surface area (Å²) < 4.78 is 5.19. The second-order valence-electron chi connectivity index (χ2n) is 8.97. The number of aliphatic hydroxyl groups is 1. The molecule has 2 aliphatic heterocycles. The number of nitrogens with zero attached hydrogens (tertiary/aromatic N) is 3. The Bertz CT molecular complexity index is 926. The van der Waals surface area contributed by atoms with Crippen molar-refractivity contribution in [2.75, 3.05) is 32.8 Å². The molecule has 158 valence electrons. The van der Waals surface area contributed by atoms with Gasteiger partial charge in [0.05, 0.1) is 19.3 Å². The number of hydrogen-bond acceptors (Lipinski definition) is 6. The predicted octanol–water partition coefficient (Wildman–Crippen LogP) is 1.30. The fourth-order valence-corrected chi connectivity index (χ4v) is 4.69. The minimum Gasteiger partial charge on any atom is -0.390 e. The highest BCUT2D eigenvalue weighted by Crippen LogP contribution is 2.52.